The van der Waals surface area contributed by atoms with Gasteiger partial charge >= 0.3 is 0 Å². The molecule has 2 rings (SSSR count). The van der Waals surface area contributed by atoms with E-state index in [9.17, 15) is 4.79 Å². The summed E-state index contributed by atoms with van der Waals surface area (Å²) in [6.07, 6.45) is 0.316. The van der Waals surface area contributed by atoms with Gasteiger partial charge in [-0.05, 0) is 37.1 Å². The Kier molecular flexibility index (Phi) is 4.08. The van der Waals surface area contributed by atoms with Crippen LogP contribution in [-0.4, -0.2) is 13.0 Å². The number of likely N-dealkylation sites (N-methyl/N-ethyl adjacent to an activating group) is 1. The Hall–Kier alpha value is -2.29. The second-order valence-corrected chi connectivity index (χ2v) is 5.12. The van der Waals surface area contributed by atoms with Crippen LogP contribution in [0.3, 0.4) is 0 Å². The third-order valence-corrected chi connectivity index (χ3v) is 3.48. The number of hydrogen-bond donors (Lipinski definition) is 1. The van der Waals surface area contributed by atoms with E-state index >= 15 is 0 Å². The molecule has 3 nitrogen and oxygen atoms in total. The Morgan fingerprint density at radius 3 is 2.50 bits per heavy atom. The first-order chi connectivity index (χ1) is 9.49. The predicted octanol–water partition coefficient (Wildman–Crippen LogP) is 3.09. The van der Waals surface area contributed by atoms with Crippen LogP contribution in [0.2, 0.25) is 0 Å². The number of benzene rings is 2. The van der Waals surface area contributed by atoms with Crippen molar-refractivity contribution in [1.82, 2.24) is 0 Å². The zero-order valence-electron chi connectivity index (χ0n) is 12.2. The summed E-state index contributed by atoms with van der Waals surface area (Å²) in [4.78, 5) is 14.1. The van der Waals surface area contributed by atoms with Gasteiger partial charge in [-0.2, -0.15) is 0 Å². The van der Waals surface area contributed by atoms with Gasteiger partial charge in [0.15, 0.2) is 0 Å². The van der Waals surface area contributed by atoms with Gasteiger partial charge < -0.3 is 10.6 Å². The first kappa shape index (κ1) is 14.1. The minimum Gasteiger partial charge on any atom is -0.398 e. The van der Waals surface area contributed by atoms with Gasteiger partial charge in [0.05, 0.1) is 6.42 Å². The van der Waals surface area contributed by atoms with Crippen LogP contribution < -0.4 is 10.6 Å². The van der Waals surface area contributed by atoms with Crippen molar-refractivity contribution in [2.45, 2.75) is 20.3 Å². The van der Waals surface area contributed by atoms with Gasteiger partial charge in [-0.15, -0.1) is 0 Å². The average Bonchev–Trinajstić information content (AvgIpc) is 2.40. The molecule has 0 aliphatic rings. The highest BCUT2D eigenvalue weighted by atomic mass is 16.2. The molecule has 3 heteroatoms. The van der Waals surface area contributed by atoms with Gasteiger partial charge in [-0.3, -0.25) is 4.79 Å². The molecule has 0 aliphatic heterocycles. The second-order valence-electron chi connectivity index (χ2n) is 5.12. The van der Waals surface area contributed by atoms with E-state index in [-0.39, 0.29) is 5.91 Å². The molecule has 104 valence electrons. The zero-order valence-corrected chi connectivity index (χ0v) is 12.2. The monoisotopic (exact) mass is 268 g/mol. The minimum atomic E-state index is 0.0369. The predicted molar refractivity (Wildman–Crippen MR) is 83.9 cm³/mol. The summed E-state index contributed by atoms with van der Waals surface area (Å²) in [6.45, 7) is 4.06. The van der Waals surface area contributed by atoms with Crippen LogP contribution in [0, 0.1) is 13.8 Å². The highest BCUT2D eigenvalue weighted by Gasteiger charge is 2.14. The number of nitrogen functional groups attached to an aromatic ring is 1. The lowest BCUT2D eigenvalue weighted by atomic mass is 10.1. The van der Waals surface area contributed by atoms with Crippen molar-refractivity contribution in [3.63, 3.8) is 0 Å². The van der Waals surface area contributed by atoms with E-state index < -0.39 is 0 Å². The molecular formula is C17H20N2O. The molecule has 2 aromatic rings. The molecule has 2 N–H and O–H groups in total. The zero-order chi connectivity index (χ0) is 14.7. The van der Waals surface area contributed by atoms with Crippen LogP contribution in [-0.2, 0) is 11.2 Å². The summed E-state index contributed by atoms with van der Waals surface area (Å²) in [5, 5.41) is 0. The van der Waals surface area contributed by atoms with Gasteiger partial charge in [0.1, 0.15) is 0 Å². The van der Waals surface area contributed by atoms with Crippen molar-refractivity contribution in [2.75, 3.05) is 17.7 Å². The van der Waals surface area contributed by atoms with E-state index in [1.807, 2.05) is 50.2 Å². The number of nitrogens with zero attached hydrogens (tertiary/aromatic N) is 1. The number of amides is 1. The summed E-state index contributed by atoms with van der Waals surface area (Å²) in [5.41, 5.74) is 10.7. The lowest BCUT2D eigenvalue weighted by molar-refractivity contribution is -0.117. The molecule has 0 saturated heterocycles. The van der Waals surface area contributed by atoms with E-state index in [0.29, 0.717) is 12.1 Å². The molecule has 2 aromatic carbocycles. The molecule has 0 radical (unpaired) electrons. The molecular weight excluding hydrogens is 248 g/mol. The highest BCUT2D eigenvalue weighted by Crippen LogP contribution is 2.21. The third-order valence-electron chi connectivity index (χ3n) is 3.48. The summed E-state index contributed by atoms with van der Waals surface area (Å²) in [7, 11) is 1.80. The van der Waals surface area contributed by atoms with Gasteiger partial charge in [0, 0.05) is 18.4 Å². The molecule has 0 atom stereocenters. The summed E-state index contributed by atoms with van der Waals surface area (Å²) in [6, 6.07) is 13.6. The maximum Gasteiger partial charge on any atom is 0.231 e. The lowest BCUT2D eigenvalue weighted by Gasteiger charge is -2.20. The third kappa shape index (κ3) is 2.99. The van der Waals surface area contributed by atoms with Crippen molar-refractivity contribution in [1.29, 1.82) is 0 Å². The van der Waals surface area contributed by atoms with Crippen LogP contribution in [0.5, 0.6) is 0 Å². The van der Waals surface area contributed by atoms with Crippen LogP contribution in [0.4, 0.5) is 11.4 Å². The van der Waals surface area contributed by atoms with E-state index in [1.165, 1.54) is 5.56 Å². The van der Waals surface area contributed by atoms with Crippen LogP contribution >= 0.6 is 0 Å². The topological polar surface area (TPSA) is 46.3 Å². The number of carbonyl (C=O) groups excluding carboxylic acids is 1. The standard InChI is InChI=1S/C17H20N2O/c1-12-8-9-16(13(2)10-12)19(3)17(20)11-14-6-4-5-7-15(14)18/h4-10H,11,18H2,1-3H3. The largest absolute Gasteiger partial charge is 0.398 e. The van der Waals surface area contributed by atoms with E-state index in [0.717, 1.165) is 16.8 Å². The van der Waals surface area contributed by atoms with Crippen molar-refractivity contribution in [2.24, 2.45) is 0 Å². The number of nitrogens with two attached hydrogens (primary N) is 1. The first-order valence-electron chi connectivity index (χ1n) is 6.66. The summed E-state index contributed by atoms with van der Waals surface area (Å²) < 4.78 is 0. The van der Waals surface area contributed by atoms with E-state index in [1.54, 1.807) is 11.9 Å². The maximum absolute atomic E-state index is 12.4. The lowest BCUT2D eigenvalue weighted by Crippen LogP contribution is -2.28. The number of anilines is 2. The average molecular weight is 268 g/mol. The quantitative estimate of drug-likeness (QED) is 0.869. The number of rotatable bonds is 3. The molecule has 0 aliphatic carbocycles. The Morgan fingerprint density at radius 1 is 1.15 bits per heavy atom. The molecule has 0 fully saturated rings. The van der Waals surface area contributed by atoms with E-state index in [4.69, 9.17) is 5.73 Å². The Bertz CT molecular complexity index is 635. The smallest absolute Gasteiger partial charge is 0.231 e. The minimum absolute atomic E-state index is 0.0369. The Morgan fingerprint density at radius 2 is 1.85 bits per heavy atom. The molecule has 0 unspecified atom stereocenters. The number of hydrogen-bond acceptors (Lipinski definition) is 2. The molecule has 0 spiro atoms. The molecule has 0 aromatic heterocycles. The number of para-hydroxylation sites is 1. The van der Waals surface area contributed by atoms with Crippen molar-refractivity contribution in [3.05, 3.63) is 59.2 Å². The second kappa shape index (κ2) is 5.78. The van der Waals surface area contributed by atoms with Gasteiger partial charge in [0.2, 0.25) is 5.91 Å². The fraction of sp³-hybridized carbons (Fsp3) is 0.235. The van der Waals surface area contributed by atoms with Gasteiger partial charge in [-0.25, -0.2) is 0 Å². The number of carbonyl (C=O) groups is 1. The van der Waals surface area contributed by atoms with Crippen molar-refractivity contribution in [3.8, 4) is 0 Å². The van der Waals surface area contributed by atoms with Crippen LogP contribution in [0.25, 0.3) is 0 Å². The van der Waals surface area contributed by atoms with Crippen LogP contribution in [0.1, 0.15) is 16.7 Å². The molecule has 20 heavy (non-hydrogen) atoms. The SMILES string of the molecule is Cc1ccc(N(C)C(=O)Cc2ccccc2N)c(C)c1. The first-order valence-corrected chi connectivity index (χ1v) is 6.66. The normalized spacial score (nSPS) is 10.3. The van der Waals surface area contributed by atoms with Gasteiger partial charge in [0.25, 0.3) is 0 Å². The van der Waals surface area contributed by atoms with Crippen molar-refractivity contribution >= 4 is 17.3 Å². The van der Waals surface area contributed by atoms with E-state index in [2.05, 4.69) is 6.07 Å². The number of aryl methyl sites for hydroxylation is 2. The molecule has 0 bridgehead atoms. The highest BCUT2D eigenvalue weighted by molar-refractivity contribution is 5.95. The summed E-state index contributed by atoms with van der Waals surface area (Å²) in [5.74, 6) is 0.0369. The van der Waals surface area contributed by atoms with Gasteiger partial charge in [-0.1, -0.05) is 35.9 Å². The summed E-state index contributed by atoms with van der Waals surface area (Å²) >= 11 is 0. The maximum atomic E-state index is 12.4. The van der Waals surface area contributed by atoms with Crippen molar-refractivity contribution < 1.29 is 4.79 Å². The molecule has 1 amide bonds. The fourth-order valence-electron chi connectivity index (χ4n) is 2.29. The molecule has 0 saturated carbocycles. The fourth-order valence-corrected chi connectivity index (χ4v) is 2.29. The Labute approximate surface area is 120 Å². The van der Waals surface area contributed by atoms with Crippen LogP contribution in [0.15, 0.2) is 42.5 Å². The Balaban J connectivity index is 2.19. The molecule has 0 heterocycles.